The van der Waals surface area contributed by atoms with Crippen molar-refractivity contribution in [2.75, 3.05) is 20.4 Å². The summed E-state index contributed by atoms with van der Waals surface area (Å²) in [6.07, 6.45) is 2.39. The summed E-state index contributed by atoms with van der Waals surface area (Å²) in [4.78, 5) is 12.9. The third kappa shape index (κ3) is 5.34. The predicted molar refractivity (Wildman–Crippen MR) is 103 cm³/mol. The highest BCUT2D eigenvalue weighted by atomic mass is 79.9. The molecule has 0 aliphatic rings. The van der Waals surface area contributed by atoms with Crippen LogP contribution in [0, 0.1) is 11.3 Å². The number of carbonyl (C=O) groups excluding carboxylic acids is 1. The first kappa shape index (κ1) is 20.7. The van der Waals surface area contributed by atoms with Crippen LogP contribution in [0.25, 0.3) is 0 Å². The van der Waals surface area contributed by atoms with Gasteiger partial charge in [0.05, 0.1) is 23.7 Å². The third-order valence-corrected chi connectivity index (χ3v) is 5.45. The van der Waals surface area contributed by atoms with Crippen molar-refractivity contribution < 1.29 is 14.3 Å². The van der Waals surface area contributed by atoms with Gasteiger partial charge in [-0.05, 0) is 45.9 Å². The lowest BCUT2D eigenvalue weighted by Crippen LogP contribution is -2.21. The van der Waals surface area contributed by atoms with Gasteiger partial charge in [-0.2, -0.15) is 0 Å². The van der Waals surface area contributed by atoms with Gasteiger partial charge < -0.3 is 9.47 Å². The van der Waals surface area contributed by atoms with E-state index in [2.05, 4.69) is 45.9 Å². The molecule has 0 radical (unpaired) electrons. The Morgan fingerprint density at radius 1 is 1.35 bits per heavy atom. The molecule has 0 N–H and O–H groups in total. The highest BCUT2D eigenvalue weighted by Crippen LogP contribution is 2.43. The summed E-state index contributed by atoms with van der Waals surface area (Å²) in [6, 6.07) is 1.68. The lowest BCUT2D eigenvalue weighted by Gasteiger charge is -2.27. The van der Waals surface area contributed by atoms with E-state index < -0.39 is 0 Å². The molecule has 0 heterocycles. The van der Waals surface area contributed by atoms with Crippen molar-refractivity contribution in [3.63, 3.8) is 0 Å². The van der Waals surface area contributed by atoms with E-state index in [-0.39, 0.29) is 11.2 Å². The van der Waals surface area contributed by atoms with Gasteiger partial charge in [0.15, 0.2) is 11.5 Å². The Morgan fingerprint density at radius 2 is 1.91 bits per heavy atom. The van der Waals surface area contributed by atoms with Crippen LogP contribution in [-0.4, -0.2) is 26.2 Å². The molecule has 6 heteroatoms. The zero-order chi connectivity index (χ0) is 17.8. The minimum Gasteiger partial charge on any atom is -0.495 e. The molecule has 23 heavy (non-hydrogen) atoms. The second-order valence-electron chi connectivity index (χ2n) is 6.59. The maximum atomic E-state index is 12.9. The highest BCUT2D eigenvalue weighted by molar-refractivity contribution is 9.10. The Hall–Kier alpha value is -0.310. The molecular formula is C17H25BrClO3P. The first-order chi connectivity index (χ1) is 10.7. The molecule has 0 amide bonds. The second kappa shape index (κ2) is 8.69. The van der Waals surface area contributed by atoms with E-state index in [0.29, 0.717) is 38.9 Å². The van der Waals surface area contributed by atoms with Crippen LogP contribution < -0.4 is 9.47 Å². The summed E-state index contributed by atoms with van der Waals surface area (Å²) < 4.78 is 11.4. The number of carbonyl (C=O) groups is 1. The third-order valence-electron chi connectivity index (χ3n) is 3.77. The number of ketones is 1. The first-order valence-electron chi connectivity index (χ1n) is 7.50. The normalized spacial score (nSPS) is 12.9. The van der Waals surface area contributed by atoms with Gasteiger partial charge in [-0.25, -0.2) is 0 Å². The van der Waals surface area contributed by atoms with Crippen LogP contribution in [0.1, 0.15) is 44.0 Å². The molecular weight excluding hydrogens is 399 g/mol. The molecule has 0 spiro atoms. The van der Waals surface area contributed by atoms with E-state index in [1.165, 1.54) is 14.2 Å². The van der Waals surface area contributed by atoms with E-state index in [0.717, 1.165) is 12.6 Å². The summed E-state index contributed by atoms with van der Waals surface area (Å²) in [5.41, 5.74) is 0.290. The Morgan fingerprint density at radius 3 is 2.39 bits per heavy atom. The maximum absolute atomic E-state index is 12.9. The van der Waals surface area contributed by atoms with Gasteiger partial charge in [0, 0.05) is 6.42 Å². The zero-order valence-corrected chi connectivity index (χ0v) is 17.8. The fraction of sp³-hybridized carbons (Fsp3) is 0.588. The van der Waals surface area contributed by atoms with Crippen LogP contribution in [0.4, 0.5) is 0 Å². The summed E-state index contributed by atoms with van der Waals surface area (Å²) in [5.74, 6) is 1.35. The number of hydrogen-bond donors (Lipinski definition) is 0. The lowest BCUT2D eigenvalue weighted by molar-refractivity contribution is 0.0911. The molecule has 2 atom stereocenters. The monoisotopic (exact) mass is 422 g/mol. The largest absolute Gasteiger partial charge is 0.495 e. The van der Waals surface area contributed by atoms with Crippen LogP contribution in [0.2, 0.25) is 5.02 Å². The SMILES string of the molecule is COc1c(Cl)cc(Br)c(OC)c1C(=O)CC(C)(C)CC(C)CP. The zero-order valence-electron chi connectivity index (χ0n) is 14.3. The first-order valence-corrected chi connectivity index (χ1v) is 9.48. The molecule has 1 aromatic carbocycles. The van der Waals surface area contributed by atoms with Crippen molar-refractivity contribution in [2.45, 2.75) is 33.6 Å². The topological polar surface area (TPSA) is 35.5 Å². The van der Waals surface area contributed by atoms with E-state index in [4.69, 9.17) is 21.1 Å². The molecule has 0 aliphatic heterocycles. The van der Waals surface area contributed by atoms with Crippen LogP contribution >= 0.6 is 36.8 Å². The van der Waals surface area contributed by atoms with Gasteiger partial charge in [-0.15, -0.1) is 9.24 Å². The standard InChI is InChI=1S/C17H25BrClO3P/c1-10(9-23)7-17(2,3)8-13(20)14-15(21-4)11(18)6-12(19)16(14)22-5/h6,10H,7-9,23H2,1-5H3. The van der Waals surface area contributed by atoms with Crippen molar-refractivity contribution in [2.24, 2.45) is 11.3 Å². The van der Waals surface area contributed by atoms with Crippen LogP contribution in [0.15, 0.2) is 10.5 Å². The number of Topliss-reactive ketones (excluding diaryl/α,β-unsaturated/α-hetero) is 1. The molecule has 0 saturated heterocycles. The molecule has 0 aromatic heterocycles. The Kier molecular flexibility index (Phi) is 7.83. The Bertz CT molecular complexity index is 547. The van der Waals surface area contributed by atoms with Crippen molar-refractivity contribution in [3.8, 4) is 11.5 Å². The fourth-order valence-corrected chi connectivity index (χ4v) is 4.03. The number of halogens is 2. The smallest absolute Gasteiger partial charge is 0.170 e. The van der Waals surface area contributed by atoms with Crippen molar-refractivity contribution in [3.05, 3.63) is 21.1 Å². The van der Waals surface area contributed by atoms with Gasteiger partial charge in [0.1, 0.15) is 11.3 Å². The van der Waals surface area contributed by atoms with Crippen LogP contribution in [-0.2, 0) is 0 Å². The fourth-order valence-electron chi connectivity index (χ4n) is 2.86. The molecule has 1 rings (SSSR count). The van der Waals surface area contributed by atoms with Gasteiger partial charge in [-0.1, -0.05) is 32.4 Å². The quantitative estimate of drug-likeness (QED) is 0.402. The molecule has 0 saturated carbocycles. The molecule has 3 nitrogen and oxygen atoms in total. The molecule has 0 aliphatic carbocycles. The van der Waals surface area contributed by atoms with E-state index >= 15 is 0 Å². The number of hydrogen-bond acceptors (Lipinski definition) is 3. The average Bonchev–Trinajstić information content (AvgIpc) is 2.45. The van der Waals surface area contributed by atoms with Crippen molar-refractivity contribution in [1.82, 2.24) is 0 Å². The minimum atomic E-state index is -0.113. The van der Waals surface area contributed by atoms with Gasteiger partial charge in [0.2, 0.25) is 0 Å². The lowest BCUT2D eigenvalue weighted by atomic mass is 9.78. The molecule has 130 valence electrons. The predicted octanol–water partition coefficient (Wildman–Crippen LogP) is 5.62. The highest BCUT2D eigenvalue weighted by Gasteiger charge is 2.30. The average molecular weight is 424 g/mol. The number of rotatable bonds is 8. The summed E-state index contributed by atoms with van der Waals surface area (Å²) in [6.45, 7) is 6.41. The molecule has 1 aromatic rings. The van der Waals surface area contributed by atoms with Crippen molar-refractivity contribution in [1.29, 1.82) is 0 Å². The molecule has 0 bridgehead atoms. The van der Waals surface area contributed by atoms with Gasteiger partial charge in [-0.3, -0.25) is 4.79 Å². The number of benzene rings is 1. The van der Waals surface area contributed by atoms with Gasteiger partial charge in [0.25, 0.3) is 0 Å². The van der Waals surface area contributed by atoms with Crippen molar-refractivity contribution >= 4 is 42.6 Å². The minimum absolute atomic E-state index is 0.0251. The molecule has 2 unspecified atom stereocenters. The number of ether oxygens (including phenoxy) is 2. The summed E-state index contributed by atoms with van der Waals surface area (Å²) in [7, 11) is 5.80. The van der Waals surface area contributed by atoms with Gasteiger partial charge >= 0.3 is 0 Å². The Labute approximate surface area is 154 Å². The van der Waals surface area contributed by atoms with E-state index in [9.17, 15) is 4.79 Å². The van der Waals surface area contributed by atoms with E-state index in [1.54, 1.807) is 6.07 Å². The van der Waals surface area contributed by atoms with Crippen LogP contribution in [0.3, 0.4) is 0 Å². The van der Waals surface area contributed by atoms with Crippen LogP contribution in [0.5, 0.6) is 11.5 Å². The molecule has 0 fully saturated rings. The summed E-state index contributed by atoms with van der Waals surface area (Å²) in [5, 5.41) is 0.389. The number of methoxy groups -OCH3 is 2. The summed E-state index contributed by atoms with van der Waals surface area (Å²) >= 11 is 9.62. The maximum Gasteiger partial charge on any atom is 0.170 e. The van der Waals surface area contributed by atoms with E-state index in [1.807, 2.05) is 0 Å². The second-order valence-corrected chi connectivity index (χ2v) is 8.32. The Balaban J connectivity index is 3.22.